The number of nitriles is 1. The second kappa shape index (κ2) is 8.29. The molecule has 0 atom stereocenters. The molecule has 0 N–H and O–H groups in total. The van der Waals surface area contributed by atoms with Gasteiger partial charge in [-0.1, -0.05) is 11.8 Å². The molecule has 0 aliphatic carbocycles. The molecular weight excluding hydrogens is 312 g/mol. The van der Waals surface area contributed by atoms with Crippen molar-refractivity contribution >= 4 is 17.7 Å². The lowest BCUT2D eigenvalue weighted by molar-refractivity contribution is -0.129. The van der Waals surface area contributed by atoms with Crippen LogP contribution in [0.15, 0.2) is 11.1 Å². The normalized spacial score (nSPS) is 15.5. The molecule has 1 aromatic heterocycles. The molecular formula is C16H22N4O2S. The van der Waals surface area contributed by atoms with E-state index in [2.05, 4.69) is 23.0 Å². The lowest BCUT2D eigenvalue weighted by Crippen LogP contribution is -2.47. The van der Waals surface area contributed by atoms with Gasteiger partial charge >= 0.3 is 0 Å². The van der Waals surface area contributed by atoms with Gasteiger partial charge in [-0.3, -0.25) is 4.79 Å². The number of rotatable bonds is 5. The van der Waals surface area contributed by atoms with Gasteiger partial charge < -0.3 is 14.5 Å². The average molecular weight is 334 g/mol. The van der Waals surface area contributed by atoms with Crippen LogP contribution in [0.1, 0.15) is 16.8 Å². The fourth-order valence-electron chi connectivity index (χ4n) is 2.48. The van der Waals surface area contributed by atoms with Crippen molar-refractivity contribution in [2.45, 2.75) is 18.6 Å². The van der Waals surface area contributed by atoms with Crippen molar-refractivity contribution in [2.24, 2.45) is 0 Å². The summed E-state index contributed by atoms with van der Waals surface area (Å²) in [4.78, 5) is 20.8. The first-order chi connectivity index (χ1) is 11.0. The lowest BCUT2D eigenvalue weighted by Gasteiger charge is -2.32. The molecule has 1 fully saturated rings. The number of methoxy groups -OCH3 is 1. The summed E-state index contributed by atoms with van der Waals surface area (Å²) in [6.45, 7) is 5.58. The highest BCUT2D eigenvalue weighted by Gasteiger charge is 2.20. The van der Waals surface area contributed by atoms with E-state index in [9.17, 15) is 10.1 Å². The molecule has 23 heavy (non-hydrogen) atoms. The maximum atomic E-state index is 12.3. The molecule has 1 aliphatic rings. The Kier molecular flexibility index (Phi) is 6.39. The molecule has 0 bridgehead atoms. The summed E-state index contributed by atoms with van der Waals surface area (Å²) in [7, 11) is 3.66. The van der Waals surface area contributed by atoms with Gasteiger partial charge in [0, 0.05) is 39.0 Å². The monoisotopic (exact) mass is 334 g/mol. The van der Waals surface area contributed by atoms with Crippen LogP contribution in [0, 0.1) is 18.3 Å². The van der Waals surface area contributed by atoms with Crippen LogP contribution in [-0.2, 0) is 16.1 Å². The maximum absolute atomic E-state index is 12.3. The molecule has 0 spiro atoms. The van der Waals surface area contributed by atoms with E-state index in [0.29, 0.717) is 22.9 Å². The van der Waals surface area contributed by atoms with Crippen LogP contribution < -0.4 is 0 Å². The highest BCUT2D eigenvalue weighted by molar-refractivity contribution is 8.00. The average Bonchev–Trinajstić information content (AvgIpc) is 2.53. The molecule has 6 nitrogen and oxygen atoms in total. The summed E-state index contributed by atoms with van der Waals surface area (Å²) in [5.41, 5.74) is 2.15. The molecule has 124 valence electrons. The zero-order valence-electron chi connectivity index (χ0n) is 13.8. The molecule has 7 heteroatoms. The minimum absolute atomic E-state index is 0.101. The molecule has 0 saturated carbocycles. The Morgan fingerprint density at radius 3 is 2.74 bits per heavy atom. The highest BCUT2D eigenvalue weighted by Crippen LogP contribution is 2.25. The van der Waals surface area contributed by atoms with E-state index < -0.39 is 0 Å². The Balaban J connectivity index is 2.05. The Labute approximate surface area is 141 Å². The van der Waals surface area contributed by atoms with Crippen LogP contribution in [0.5, 0.6) is 0 Å². The minimum atomic E-state index is 0.101. The first kappa shape index (κ1) is 17.7. The summed E-state index contributed by atoms with van der Waals surface area (Å²) < 4.78 is 5.14. The smallest absolute Gasteiger partial charge is 0.233 e. The van der Waals surface area contributed by atoms with E-state index in [1.807, 2.05) is 17.9 Å². The van der Waals surface area contributed by atoms with Crippen molar-refractivity contribution in [1.82, 2.24) is 14.8 Å². The Morgan fingerprint density at radius 1 is 1.43 bits per heavy atom. The Hall–Kier alpha value is -1.62. The van der Waals surface area contributed by atoms with Crippen molar-refractivity contribution in [3.63, 3.8) is 0 Å². The lowest BCUT2D eigenvalue weighted by atomic mass is 10.1. The van der Waals surface area contributed by atoms with Gasteiger partial charge in [0.2, 0.25) is 5.91 Å². The van der Waals surface area contributed by atoms with Gasteiger partial charge in [0.1, 0.15) is 11.1 Å². The standard InChI is InChI=1S/C16H22N4O2S/c1-12-8-13(10-22-3)14(9-17)16(18-12)23-11-15(21)20-6-4-19(2)5-7-20/h8H,4-7,10-11H2,1-3H3. The van der Waals surface area contributed by atoms with Crippen LogP contribution in [0.2, 0.25) is 0 Å². The second-order valence-electron chi connectivity index (χ2n) is 5.62. The van der Waals surface area contributed by atoms with E-state index in [-0.39, 0.29) is 5.91 Å². The van der Waals surface area contributed by atoms with Gasteiger partial charge in [-0.25, -0.2) is 4.98 Å². The molecule has 1 aromatic rings. The van der Waals surface area contributed by atoms with Crippen molar-refractivity contribution < 1.29 is 9.53 Å². The van der Waals surface area contributed by atoms with Crippen LogP contribution in [0.3, 0.4) is 0 Å². The van der Waals surface area contributed by atoms with Crippen molar-refractivity contribution in [1.29, 1.82) is 5.26 Å². The van der Waals surface area contributed by atoms with Crippen LogP contribution >= 0.6 is 11.8 Å². The fraction of sp³-hybridized carbons (Fsp3) is 0.562. The molecule has 0 radical (unpaired) electrons. The summed E-state index contributed by atoms with van der Waals surface area (Å²) in [5, 5.41) is 10.0. The van der Waals surface area contributed by atoms with Gasteiger partial charge in [-0.05, 0) is 25.6 Å². The minimum Gasteiger partial charge on any atom is -0.380 e. The first-order valence-corrected chi connectivity index (χ1v) is 8.52. The van der Waals surface area contributed by atoms with Crippen LogP contribution in [0.4, 0.5) is 0 Å². The number of likely N-dealkylation sites (N-methyl/N-ethyl adjacent to an activating group) is 1. The third kappa shape index (κ3) is 4.67. The molecule has 0 unspecified atom stereocenters. The number of thioether (sulfide) groups is 1. The fourth-order valence-corrected chi connectivity index (χ4v) is 3.45. The van der Waals surface area contributed by atoms with Gasteiger partial charge in [0.25, 0.3) is 0 Å². The van der Waals surface area contributed by atoms with E-state index >= 15 is 0 Å². The maximum Gasteiger partial charge on any atom is 0.233 e. The molecule has 0 aromatic carbocycles. The van der Waals surface area contributed by atoms with Crippen LogP contribution in [0.25, 0.3) is 0 Å². The summed E-state index contributed by atoms with van der Waals surface area (Å²) in [6, 6.07) is 4.05. The van der Waals surface area contributed by atoms with Crippen molar-refractivity contribution in [3.8, 4) is 6.07 Å². The highest BCUT2D eigenvalue weighted by atomic mass is 32.2. The number of carbonyl (C=O) groups is 1. The number of amides is 1. The van der Waals surface area contributed by atoms with E-state index in [1.165, 1.54) is 11.8 Å². The second-order valence-corrected chi connectivity index (χ2v) is 6.58. The van der Waals surface area contributed by atoms with Crippen molar-refractivity contribution in [3.05, 3.63) is 22.9 Å². The predicted molar refractivity (Wildman–Crippen MR) is 89.2 cm³/mol. The zero-order chi connectivity index (χ0) is 16.8. The number of piperazine rings is 1. The van der Waals surface area contributed by atoms with E-state index in [4.69, 9.17) is 4.74 Å². The molecule has 1 aliphatic heterocycles. The molecule has 2 heterocycles. The first-order valence-electron chi connectivity index (χ1n) is 7.53. The largest absolute Gasteiger partial charge is 0.380 e. The van der Waals surface area contributed by atoms with Crippen molar-refractivity contribution in [2.75, 3.05) is 46.1 Å². The third-order valence-corrected chi connectivity index (χ3v) is 4.76. The zero-order valence-corrected chi connectivity index (χ0v) is 14.7. The van der Waals surface area contributed by atoms with Gasteiger partial charge in [-0.15, -0.1) is 0 Å². The third-order valence-electron chi connectivity index (χ3n) is 3.80. The predicted octanol–water partition coefficient (Wildman–Crippen LogP) is 1.27. The quantitative estimate of drug-likeness (QED) is 0.756. The van der Waals surface area contributed by atoms with Crippen LogP contribution in [-0.4, -0.2) is 66.8 Å². The van der Waals surface area contributed by atoms with Gasteiger partial charge in [0.15, 0.2) is 0 Å². The van der Waals surface area contributed by atoms with Gasteiger partial charge in [-0.2, -0.15) is 5.26 Å². The number of aryl methyl sites for hydroxylation is 1. The SMILES string of the molecule is COCc1cc(C)nc(SCC(=O)N2CCN(C)CC2)c1C#N. The number of carbonyl (C=O) groups excluding carboxylic acids is 1. The Morgan fingerprint density at radius 2 is 2.13 bits per heavy atom. The number of hydrogen-bond donors (Lipinski definition) is 0. The molecule has 1 amide bonds. The van der Waals surface area contributed by atoms with Gasteiger partial charge in [0.05, 0.1) is 17.9 Å². The summed E-state index contributed by atoms with van der Waals surface area (Å²) >= 11 is 1.33. The number of hydrogen-bond acceptors (Lipinski definition) is 6. The summed E-state index contributed by atoms with van der Waals surface area (Å²) in [5.74, 6) is 0.407. The number of pyridine rings is 1. The van der Waals surface area contributed by atoms with E-state index in [0.717, 1.165) is 37.4 Å². The number of aromatic nitrogens is 1. The molecule has 2 rings (SSSR count). The Bertz CT molecular complexity index is 607. The number of ether oxygens (including phenoxy) is 1. The van der Waals surface area contributed by atoms with E-state index in [1.54, 1.807) is 7.11 Å². The summed E-state index contributed by atoms with van der Waals surface area (Å²) in [6.07, 6.45) is 0. The topological polar surface area (TPSA) is 69.5 Å². The molecule has 1 saturated heterocycles. The number of nitrogens with zero attached hydrogens (tertiary/aromatic N) is 4.